The largest absolute Gasteiger partial charge is 0.376 e. The van der Waals surface area contributed by atoms with E-state index in [0.29, 0.717) is 6.10 Å². The number of hydrogen-bond donors (Lipinski definition) is 0. The van der Waals surface area contributed by atoms with Gasteiger partial charge in [-0.25, -0.2) is 0 Å². The van der Waals surface area contributed by atoms with Gasteiger partial charge in [0.2, 0.25) is 0 Å². The van der Waals surface area contributed by atoms with E-state index in [4.69, 9.17) is 9.47 Å². The van der Waals surface area contributed by atoms with E-state index in [1.54, 1.807) is 0 Å². The first-order chi connectivity index (χ1) is 5.87. The predicted molar refractivity (Wildman–Crippen MR) is 51.0 cm³/mol. The van der Waals surface area contributed by atoms with E-state index in [1.807, 2.05) is 0 Å². The summed E-state index contributed by atoms with van der Waals surface area (Å²) in [6.07, 6.45) is 4.15. The lowest BCUT2D eigenvalue weighted by Crippen LogP contribution is -2.46. The molecule has 2 nitrogen and oxygen atoms in total. The van der Waals surface area contributed by atoms with Crippen molar-refractivity contribution in [3.63, 3.8) is 0 Å². The summed E-state index contributed by atoms with van der Waals surface area (Å²) in [6, 6.07) is 0. The Kier molecular flexibility index (Phi) is 2.34. The maximum absolute atomic E-state index is 5.90. The highest BCUT2D eigenvalue weighted by Gasteiger charge is 2.47. The standard InChI is InChI=1S/C9H16O2Si/c1-2-12-9(8-7-10-8)5-3-4-6-11-9/h2,8H,1,3-7,12H2. The third-order valence-electron chi connectivity index (χ3n) is 2.79. The average molecular weight is 184 g/mol. The van der Waals surface area contributed by atoms with Crippen LogP contribution in [0.3, 0.4) is 0 Å². The van der Waals surface area contributed by atoms with Gasteiger partial charge in [-0.2, -0.15) is 0 Å². The molecule has 2 unspecified atom stereocenters. The molecule has 0 aromatic heterocycles. The minimum Gasteiger partial charge on any atom is -0.376 e. The Hall–Kier alpha value is -0.123. The van der Waals surface area contributed by atoms with E-state index in [0.717, 1.165) is 13.2 Å². The maximum atomic E-state index is 5.90. The zero-order chi connectivity index (χ0) is 8.44. The normalized spacial score (nSPS) is 41.8. The van der Waals surface area contributed by atoms with E-state index in [9.17, 15) is 0 Å². The number of epoxide rings is 1. The Balaban J connectivity index is 2.02. The summed E-state index contributed by atoms with van der Waals surface area (Å²) in [5.41, 5.74) is 2.09. The number of hydrogen-bond acceptors (Lipinski definition) is 2. The second-order valence-corrected chi connectivity index (χ2v) is 5.87. The molecule has 68 valence electrons. The van der Waals surface area contributed by atoms with Crippen molar-refractivity contribution in [1.82, 2.24) is 0 Å². The Morgan fingerprint density at radius 2 is 2.33 bits per heavy atom. The van der Waals surface area contributed by atoms with E-state index < -0.39 is 0 Å². The molecular formula is C9H16O2Si. The molecule has 2 heterocycles. The Bertz CT molecular complexity index is 171. The third kappa shape index (κ3) is 1.49. The Morgan fingerprint density at radius 3 is 2.83 bits per heavy atom. The predicted octanol–water partition coefficient (Wildman–Crippen LogP) is 0.594. The topological polar surface area (TPSA) is 21.8 Å². The second-order valence-electron chi connectivity index (χ2n) is 3.69. The van der Waals surface area contributed by atoms with E-state index in [2.05, 4.69) is 12.3 Å². The van der Waals surface area contributed by atoms with E-state index in [1.165, 1.54) is 19.3 Å². The van der Waals surface area contributed by atoms with Crippen LogP contribution in [-0.2, 0) is 9.47 Å². The minimum atomic E-state index is -0.299. The van der Waals surface area contributed by atoms with Gasteiger partial charge in [0.15, 0.2) is 0 Å². The molecule has 2 fully saturated rings. The molecule has 0 saturated carbocycles. The van der Waals surface area contributed by atoms with Gasteiger partial charge in [-0.1, -0.05) is 0 Å². The van der Waals surface area contributed by atoms with E-state index >= 15 is 0 Å². The van der Waals surface area contributed by atoms with Gasteiger partial charge in [0, 0.05) is 6.61 Å². The molecule has 3 heteroatoms. The molecule has 0 radical (unpaired) electrons. The average Bonchev–Trinajstić information content (AvgIpc) is 2.89. The lowest BCUT2D eigenvalue weighted by Gasteiger charge is -2.35. The van der Waals surface area contributed by atoms with Crippen LogP contribution < -0.4 is 0 Å². The molecule has 0 spiro atoms. The van der Waals surface area contributed by atoms with Crippen LogP contribution in [0.1, 0.15) is 19.3 Å². The van der Waals surface area contributed by atoms with Crippen LogP contribution in [0.2, 0.25) is 0 Å². The van der Waals surface area contributed by atoms with Crippen LogP contribution in [0.4, 0.5) is 0 Å². The van der Waals surface area contributed by atoms with Crippen LogP contribution in [-0.4, -0.2) is 34.1 Å². The Labute approximate surface area is 75.8 Å². The molecule has 12 heavy (non-hydrogen) atoms. The molecule has 2 rings (SSSR count). The molecule has 2 aliphatic heterocycles. The molecule has 0 N–H and O–H groups in total. The first-order valence-corrected chi connectivity index (χ1v) is 6.26. The van der Waals surface area contributed by atoms with Gasteiger partial charge in [0.05, 0.1) is 21.4 Å². The molecule has 0 bridgehead atoms. The fourth-order valence-corrected chi connectivity index (χ4v) is 3.72. The number of ether oxygens (including phenoxy) is 2. The monoisotopic (exact) mass is 184 g/mol. The van der Waals surface area contributed by atoms with Crippen LogP contribution >= 0.6 is 0 Å². The van der Waals surface area contributed by atoms with Gasteiger partial charge in [-0.05, 0) is 19.3 Å². The summed E-state index contributed by atoms with van der Waals surface area (Å²) in [7, 11) is -0.299. The lowest BCUT2D eigenvalue weighted by atomic mass is 10.1. The lowest BCUT2D eigenvalue weighted by molar-refractivity contribution is -0.0359. The van der Waals surface area contributed by atoms with Crippen molar-refractivity contribution in [3.05, 3.63) is 12.3 Å². The molecule has 0 aliphatic carbocycles. The highest BCUT2D eigenvalue weighted by atomic mass is 28.2. The van der Waals surface area contributed by atoms with Crippen molar-refractivity contribution in [2.24, 2.45) is 0 Å². The molecule has 0 amide bonds. The van der Waals surface area contributed by atoms with Crippen LogP contribution in [0.25, 0.3) is 0 Å². The summed E-state index contributed by atoms with van der Waals surface area (Å²) in [5.74, 6) is 0. The minimum absolute atomic E-state index is 0.139. The van der Waals surface area contributed by atoms with Gasteiger partial charge in [-0.15, -0.1) is 12.3 Å². The molecule has 2 atom stereocenters. The van der Waals surface area contributed by atoms with Crippen molar-refractivity contribution in [1.29, 1.82) is 0 Å². The summed E-state index contributed by atoms with van der Waals surface area (Å²) >= 11 is 0. The fraction of sp³-hybridized carbons (Fsp3) is 0.778. The van der Waals surface area contributed by atoms with Crippen LogP contribution in [0.5, 0.6) is 0 Å². The van der Waals surface area contributed by atoms with Gasteiger partial charge >= 0.3 is 0 Å². The zero-order valence-corrected chi connectivity index (χ0v) is 8.84. The second kappa shape index (κ2) is 3.32. The smallest absolute Gasteiger partial charge is 0.106 e. The first kappa shape index (κ1) is 8.47. The molecule has 2 saturated heterocycles. The zero-order valence-electron chi connectivity index (χ0n) is 7.42. The highest BCUT2D eigenvalue weighted by Crippen LogP contribution is 2.35. The van der Waals surface area contributed by atoms with Gasteiger partial charge in [-0.3, -0.25) is 0 Å². The van der Waals surface area contributed by atoms with Crippen molar-refractivity contribution in [2.75, 3.05) is 13.2 Å². The summed E-state index contributed by atoms with van der Waals surface area (Å²) < 4.78 is 11.3. The molecule has 0 aromatic rings. The first-order valence-electron chi connectivity index (χ1n) is 4.74. The summed E-state index contributed by atoms with van der Waals surface area (Å²) in [5, 5.41) is 0.139. The SMILES string of the molecule is C=C[SiH2]C1(C2CO2)CCCCO1. The van der Waals surface area contributed by atoms with Crippen molar-refractivity contribution in [2.45, 2.75) is 30.6 Å². The van der Waals surface area contributed by atoms with Crippen molar-refractivity contribution in [3.8, 4) is 0 Å². The van der Waals surface area contributed by atoms with Gasteiger partial charge in [0.1, 0.15) is 6.10 Å². The third-order valence-corrected chi connectivity index (χ3v) is 4.79. The fourth-order valence-electron chi connectivity index (χ4n) is 2.02. The van der Waals surface area contributed by atoms with Gasteiger partial charge in [0.25, 0.3) is 0 Å². The van der Waals surface area contributed by atoms with Gasteiger partial charge < -0.3 is 9.47 Å². The van der Waals surface area contributed by atoms with Crippen LogP contribution in [0, 0.1) is 0 Å². The van der Waals surface area contributed by atoms with Crippen molar-refractivity contribution < 1.29 is 9.47 Å². The van der Waals surface area contributed by atoms with E-state index in [-0.39, 0.29) is 14.7 Å². The van der Waals surface area contributed by atoms with Crippen molar-refractivity contribution >= 4 is 9.52 Å². The quantitative estimate of drug-likeness (QED) is 0.473. The molecule has 2 aliphatic rings. The number of rotatable bonds is 3. The Morgan fingerprint density at radius 1 is 1.50 bits per heavy atom. The summed E-state index contributed by atoms with van der Waals surface area (Å²) in [4.78, 5) is 0. The maximum Gasteiger partial charge on any atom is 0.106 e. The summed E-state index contributed by atoms with van der Waals surface area (Å²) in [6.45, 7) is 5.68. The molecular weight excluding hydrogens is 168 g/mol. The molecule has 0 aromatic carbocycles. The van der Waals surface area contributed by atoms with Crippen LogP contribution in [0.15, 0.2) is 12.3 Å². The highest BCUT2D eigenvalue weighted by molar-refractivity contribution is 6.46.